The van der Waals surface area contributed by atoms with Crippen LogP contribution in [-0.2, 0) is 0 Å². The highest BCUT2D eigenvalue weighted by molar-refractivity contribution is 6.30. The van der Waals surface area contributed by atoms with E-state index in [1.54, 1.807) is 6.20 Å². The summed E-state index contributed by atoms with van der Waals surface area (Å²) in [6.45, 7) is 1.94. The molecule has 0 unspecified atom stereocenters. The molecule has 0 fully saturated rings. The first-order valence-electron chi connectivity index (χ1n) is 5.60. The van der Waals surface area contributed by atoms with Gasteiger partial charge in [0.15, 0.2) is 0 Å². The molecule has 0 aliphatic carbocycles. The molecule has 0 spiro atoms. The largest absolute Gasteiger partial charge is 0.461 e. The van der Waals surface area contributed by atoms with Gasteiger partial charge in [0.25, 0.3) is 0 Å². The third-order valence-electron chi connectivity index (χ3n) is 2.84. The number of aromatic amines is 1. The minimum atomic E-state index is 0.718. The predicted octanol–water partition coefficient (Wildman–Crippen LogP) is 4.30. The molecule has 0 saturated carbocycles. The van der Waals surface area contributed by atoms with E-state index in [2.05, 4.69) is 10.2 Å². The molecule has 4 heteroatoms. The van der Waals surface area contributed by atoms with Crippen LogP contribution < -0.4 is 0 Å². The minimum Gasteiger partial charge on any atom is -0.461 e. The number of hydrogen-bond acceptors (Lipinski definition) is 2. The molecular formula is C14H11ClN2O. The molecule has 0 aliphatic heterocycles. The van der Waals surface area contributed by atoms with E-state index in [0.29, 0.717) is 0 Å². The van der Waals surface area contributed by atoms with E-state index < -0.39 is 0 Å². The minimum absolute atomic E-state index is 0.718. The third kappa shape index (κ3) is 1.93. The first kappa shape index (κ1) is 11.1. The number of halogens is 1. The lowest BCUT2D eigenvalue weighted by molar-refractivity contribution is 0.549. The average molecular weight is 259 g/mol. The highest BCUT2D eigenvalue weighted by Crippen LogP contribution is 2.31. The van der Waals surface area contributed by atoms with Crippen LogP contribution in [0.4, 0.5) is 0 Å². The zero-order valence-corrected chi connectivity index (χ0v) is 10.5. The Hall–Kier alpha value is -2.00. The number of hydrogen-bond donors (Lipinski definition) is 1. The van der Waals surface area contributed by atoms with Gasteiger partial charge in [-0.25, -0.2) is 0 Å². The van der Waals surface area contributed by atoms with Crippen molar-refractivity contribution in [2.24, 2.45) is 0 Å². The van der Waals surface area contributed by atoms with Gasteiger partial charge in [0.1, 0.15) is 11.5 Å². The van der Waals surface area contributed by atoms with Gasteiger partial charge in [-0.05, 0) is 43.3 Å². The van der Waals surface area contributed by atoms with E-state index >= 15 is 0 Å². The van der Waals surface area contributed by atoms with Gasteiger partial charge < -0.3 is 4.42 Å². The molecule has 0 atom stereocenters. The number of benzene rings is 1. The fraction of sp³-hybridized carbons (Fsp3) is 0.0714. The molecule has 0 saturated heterocycles. The summed E-state index contributed by atoms with van der Waals surface area (Å²) in [5.41, 5.74) is 2.99. The van der Waals surface area contributed by atoms with Gasteiger partial charge in [0, 0.05) is 22.3 Å². The van der Waals surface area contributed by atoms with E-state index in [1.807, 2.05) is 43.3 Å². The summed E-state index contributed by atoms with van der Waals surface area (Å²) < 4.78 is 5.77. The third-order valence-corrected chi connectivity index (χ3v) is 3.09. The fourth-order valence-electron chi connectivity index (χ4n) is 1.91. The first-order chi connectivity index (χ1) is 8.74. The molecule has 90 valence electrons. The molecule has 0 amide bonds. The SMILES string of the molecule is Cc1oc(-c2ccc(Cl)cc2)cc1-c1ccn[nH]1. The lowest BCUT2D eigenvalue weighted by Crippen LogP contribution is -1.76. The van der Waals surface area contributed by atoms with Crippen LogP contribution in [0.25, 0.3) is 22.6 Å². The lowest BCUT2D eigenvalue weighted by Gasteiger charge is -1.95. The Balaban J connectivity index is 2.05. The number of nitrogens with one attached hydrogen (secondary N) is 1. The average Bonchev–Trinajstić information content (AvgIpc) is 2.99. The van der Waals surface area contributed by atoms with Crippen LogP contribution in [0.5, 0.6) is 0 Å². The maximum absolute atomic E-state index is 5.87. The van der Waals surface area contributed by atoms with Crippen molar-refractivity contribution in [1.82, 2.24) is 10.2 Å². The maximum Gasteiger partial charge on any atom is 0.134 e. The van der Waals surface area contributed by atoms with Crippen LogP contribution >= 0.6 is 11.6 Å². The molecule has 0 aliphatic rings. The topological polar surface area (TPSA) is 41.8 Å². The molecule has 1 aromatic carbocycles. The Kier molecular flexibility index (Phi) is 2.68. The number of aryl methyl sites for hydroxylation is 1. The molecule has 1 N–H and O–H groups in total. The van der Waals surface area contributed by atoms with Crippen LogP contribution in [0.15, 0.2) is 47.0 Å². The predicted molar refractivity (Wildman–Crippen MR) is 71.5 cm³/mol. The van der Waals surface area contributed by atoms with Crippen LogP contribution in [0.3, 0.4) is 0 Å². The van der Waals surface area contributed by atoms with Crippen LogP contribution in [0.1, 0.15) is 5.76 Å². The maximum atomic E-state index is 5.87. The summed E-state index contributed by atoms with van der Waals surface area (Å²) >= 11 is 5.87. The summed E-state index contributed by atoms with van der Waals surface area (Å²) in [6, 6.07) is 11.5. The van der Waals surface area contributed by atoms with Crippen molar-refractivity contribution in [2.45, 2.75) is 6.92 Å². The normalized spacial score (nSPS) is 10.8. The van der Waals surface area contributed by atoms with Gasteiger partial charge in [0.05, 0.1) is 5.69 Å². The Labute approximate surface area is 109 Å². The molecule has 2 heterocycles. The van der Waals surface area contributed by atoms with Gasteiger partial charge in [-0.2, -0.15) is 5.10 Å². The van der Waals surface area contributed by atoms with Crippen molar-refractivity contribution >= 4 is 11.6 Å². The van der Waals surface area contributed by atoms with E-state index in [0.717, 1.165) is 33.4 Å². The Morgan fingerprint density at radius 1 is 1.17 bits per heavy atom. The van der Waals surface area contributed by atoms with Crippen molar-refractivity contribution in [2.75, 3.05) is 0 Å². The summed E-state index contributed by atoms with van der Waals surface area (Å²) in [6.07, 6.45) is 1.73. The summed E-state index contributed by atoms with van der Waals surface area (Å²) in [5, 5.41) is 7.60. The van der Waals surface area contributed by atoms with Gasteiger partial charge in [0.2, 0.25) is 0 Å². The second-order valence-corrected chi connectivity index (χ2v) is 4.49. The van der Waals surface area contributed by atoms with Crippen LogP contribution in [-0.4, -0.2) is 10.2 Å². The molecule has 3 aromatic rings. The number of nitrogens with zero attached hydrogens (tertiary/aromatic N) is 1. The number of rotatable bonds is 2. The monoisotopic (exact) mass is 258 g/mol. The summed E-state index contributed by atoms with van der Waals surface area (Å²) in [7, 11) is 0. The van der Waals surface area contributed by atoms with Gasteiger partial charge in [-0.1, -0.05) is 11.6 Å². The standard InChI is InChI=1S/C14H11ClN2O/c1-9-12(13-6-7-16-17-13)8-14(18-9)10-2-4-11(15)5-3-10/h2-8H,1H3,(H,16,17). The molecule has 18 heavy (non-hydrogen) atoms. The van der Waals surface area contributed by atoms with E-state index in [-0.39, 0.29) is 0 Å². The zero-order valence-electron chi connectivity index (χ0n) is 9.77. The quantitative estimate of drug-likeness (QED) is 0.745. The Morgan fingerprint density at radius 2 is 1.94 bits per heavy atom. The summed E-state index contributed by atoms with van der Waals surface area (Å²) in [5.74, 6) is 1.69. The van der Waals surface area contributed by atoms with E-state index in [9.17, 15) is 0 Å². The van der Waals surface area contributed by atoms with Crippen LogP contribution in [0.2, 0.25) is 5.02 Å². The van der Waals surface area contributed by atoms with Crippen molar-refractivity contribution in [1.29, 1.82) is 0 Å². The first-order valence-corrected chi connectivity index (χ1v) is 5.98. The second-order valence-electron chi connectivity index (χ2n) is 4.06. The smallest absolute Gasteiger partial charge is 0.134 e. The molecule has 3 rings (SSSR count). The molecule has 0 bridgehead atoms. The van der Waals surface area contributed by atoms with Crippen molar-refractivity contribution in [3.05, 3.63) is 53.4 Å². The Morgan fingerprint density at radius 3 is 2.61 bits per heavy atom. The molecule has 2 aromatic heterocycles. The van der Waals surface area contributed by atoms with Gasteiger partial charge >= 0.3 is 0 Å². The van der Waals surface area contributed by atoms with Crippen molar-refractivity contribution in [3.8, 4) is 22.6 Å². The van der Waals surface area contributed by atoms with E-state index in [4.69, 9.17) is 16.0 Å². The summed E-state index contributed by atoms with van der Waals surface area (Å²) in [4.78, 5) is 0. The lowest BCUT2D eigenvalue weighted by atomic mass is 10.1. The molecule has 3 nitrogen and oxygen atoms in total. The van der Waals surface area contributed by atoms with Gasteiger partial charge in [-0.15, -0.1) is 0 Å². The number of H-pyrrole nitrogens is 1. The van der Waals surface area contributed by atoms with Crippen molar-refractivity contribution < 1.29 is 4.42 Å². The Bertz CT molecular complexity index is 654. The van der Waals surface area contributed by atoms with E-state index in [1.165, 1.54) is 0 Å². The zero-order chi connectivity index (χ0) is 12.5. The molecular weight excluding hydrogens is 248 g/mol. The highest BCUT2D eigenvalue weighted by atomic mass is 35.5. The van der Waals surface area contributed by atoms with Gasteiger partial charge in [-0.3, -0.25) is 5.10 Å². The highest BCUT2D eigenvalue weighted by Gasteiger charge is 2.11. The fourth-order valence-corrected chi connectivity index (χ4v) is 2.04. The number of aromatic nitrogens is 2. The number of furan rings is 1. The second kappa shape index (κ2) is 4.35. The molecule has 0 radical (unpaired) electrons. The van der Waals surface area contributed by atoms with Crippen LogP contribution in [0, 0.1) is 6.92 Å². The van der Waals surface area contributed by atoms with Crippen molar-refractivity contribution in [3.63, 3.8) is 0 Å².